The Hall–Kier alpha value is -2.47. The lowest BCUT2D eigenvalue weighted by Gasteiger charge is -2.30. The summed E-state index contributed by atoms with van der Waals surface area (Å²) in [5.41, 5.74) is 3.24. The molecule has 0 unspecified atom stereocenters. The number of carbonyl (C=O) groups excluding carboxylic acids is 2. The Labute approximate surface area is 178 Å². The van der Waals surface area contributed by atoms with E-state index in [2.05, 4.69) is 45.6 Å². The maximum atomic E-state index is 12.8. The van der Waals surface area contributed by atoms with E-state index in [4.69, 9.17) is 0 Å². The minimum atomic E-state index is 0.0161. The molecule has 6 heteroatoms. The Kier molecular flexibility index (Phi) is 6.32. The van der Waals surface area contributed by atoms with Crippen LogP contribution >= 0.6 is 0 Å². The van der Waals surface area contributed by atoms with Gasteiger partial charge in [-0.2, -0.15) is 0 Å². The first-order valence-corrected chi connectivity index (χ1v) is 11.1. The standard InChI is InChI=1S/C24H32N4O2/c1-16-5-8-19(22-4-3-11-25-24(16)22)13-27-23(30)12-20-9-10-21(14-26-17(2)29)28(20)15-18-6-7-18/h3-5,8,11,18,20-21H,6-7,9-10,12-15H2,1-2H3,(H,26,29)(H,27,30)/t20-,21+/m0/s1. The van der Waals surface area contributed by atoms with Gasteiger partial charge in [-0.25, -0.2) is 0 Å². The molecule has 1 aliphatic heterocycles. The number of likely N-dealkylation sites (tertiary alicyclic amines) is 1. The van der Waals surface area contributed by atoms with Gasteiger partial charge < -0.3 is 10.6 Å². The maximum Gasteiger partial charge on any atom is 0.221 e. The molecule has 0 radical (unpaired) electrons. The van der Waals surface area contributed by atoms with Gasteiger partial charge in [0.1, 0.15) is 0 Å². The molecule has 2 aliphatic rings. The van der Waals surface area contributed by atoms with E-state index in [1.807, 2.05) is 12.3 Å². The Morgan fingerprint density at radius 1 is 1.10 bits per heavy atom. The molecule has 2 atom stereocenters. The number of nitrogens with one attached hydrogen (secondary N) is 2. The molecular formula is C24H32N4O2. The van der Waals surface area contributed by atoms with Crippen LogP contribution in [0.15, 0.2) is 30.5 Å². The first-order valence-electron chi connectivity index (χ1n) is 11.1. The molecule has 2 heterocycles. The van der Waals surface area contributed by atoms with Gasteiger partial charge in [0, 0.05) is 56.6 Å². The zero-order valence-corrected chi connectivity index (χ0v) is 18.0. The van der Waals surface area contributed by atoms with Crippen molar-refractivity contribution >= 4 is 22.7 Å². The molecule has 1 saturated heterocycles. The Morgan fingerprint density at radius 2 is 1.90 bits per heavy atom. The van der Waals surface area contributed by atoms with Crippen molar-refractivity contribution in [1.29, 1.82) is 0 Å². The number of aromatic nitrogens is 1. The molecule has 2 amide bonds. The summed E-state index contributed by atoms with van der Waals surface area (Å²) < 4.78 is 0. The van der Waals surface area contributed by atoms with Crippen LogP contribution in [0.25, 0.3) is 10.9 Å². The second-order valence-electron chi connectivity index (χ2n) is 8.88. The molecule has 4 rings (SSSR count). The van der Waals surface area contributed by atoms with Crippen LogP contribution in [0.2, 0.25) is 0 Å². The Morgan fingerprint density at radius 3 is 2.67 bits per heavy atom. The van der Waals surface area contributed by atoms with Gasteiger partial charge in [0.2, 0.25) is 11.8 Å². The van der Waals surface area contributed by atoms with Crippen molar-refractivity contribution in [2.45, 2.75) is 64.6 Å². The van der Waals surface area contributed by atoms with Crippen molar-refractivity contribution in [2.75, 3.05) is 13.1 Å². The van der Waals surface area contributed by atoms with Crippen LogP contribution in [0, 0.1) is 12.8 Å². The number of hydrogen-bond donors (Lipinski definition) is 2. The van der Waals surface area contributed by atoms with E-state index in [1.54, 1.807) is 6.92 Å². The summed E-state index contributed by atoms with van der Waals surface area (Å²) in [7, 11) is 0. The number of nitrogens with zero attached hydrogens (tertiary/aromatic N) is 2. The lowest BCUT2D eigenvalue weighted by molar-refractivity contribution is -0.122. The number of rotatable bonds is 8. The smallest absolute Gasteiger partial charge is 0.221 e. The van der Waals surface area contributed by atoms with Gasteiger partial charge in [-0.15, -0.1) is 0 Å². The quantitative estimate of drug-likeness (QED) is 0.704. The fraction of sp³-hybridized carbons (Fsp3) is 0.542. The molecule has 2 N–H and O–H groups in total. The van der Waals surface area contributed by atoms with Gasteiger partial charge in [0.25, 0.3) is 0 Å². The number of carbonyl (C=O) groups is 2. The maximum absolute atomic E-state index is 12.8. The van der Waals surface area contributed by atoms with Gasteiger partial charge in [-0.05, 0) is 55.7 Å². The molecule has 2 aromatic rings. The van der Waals surface area contributed by atoms with E-state index in [9.17, 15) is 9.59 Å². The zero-order valence-electron chi connectivity index (χ0n) is 18.0. The van der Waals surface area contributed by atoms with Gasteiger partial charge in [-0.1, -0.05) is 18.2 Å². The molecule has 30 heavy (non-hydrogen) atoms. The first kappa shape index (κ1) is 20.8. The zero-order chi connectivity index (χ0) is 21.1. The van der Waals surface area contributed by atoms with E-state index < -0.39 is 0 Å². The molecule has 1 aromatic heterocycles. The normalized spacial score (nSPS) is 21.7. The summed E-state index contributed by atoms with van der Waals surface area (Å²) in [6, 6.07) is 8.77. The number of hydrogen-bond acceptors (Lipinski definition) is 4. The Balaban J connectivity index is 1.36. The second-order valence-corrected chi connectivity index (χ2v) is 8.88. The fourth-order valence-electron chi connectivity index (χ4n) is 4.62. The number of fused-ring (bicyclic) bond motifs is 1. The van der Waals surface area contributed by atoms with Gasteiger partial charge in [-0.3, -0.25) is 19.5 Å². The largest absolute Gasteiger partial charge is 0.355 e. The molecular weight excluding hydrogens is 376 g/mol. The lowest BCUT2D eigenvalue weighted by Crippen LogP contribution is -2.45. The highest BCUT2D eigenvalue weighted by molar-refractivity contribution is 5.85. The van der Waals surface area contributed by atoms with Crippen LogP contribution in [-0.4, -0.2) is 46.9 Å². The summed E-state index contributed by atoms with van der Waals surface area (Å²) in [4.78, 5) is 31.1. The third-order valence-corrected chi connectivity index (χ3v) is 6.48. The molecule has 0 bridgehead atoms. The minimum Gasteiger partial charge on any atom is -0.355 e. The van der Waals surface area contributed by atoms with Crippen molar-refractivity contribution in [3.8, 4) is 0 Å². The monoisotopic (exact) mass is 408 g/mol. The first-order chi connectivity index (χ1) is 14.5. The summed E-state index contributed by atoms with van der Waals surface area (Å²) in [6.07, 6.45) is 6.96. The van der Waals surface area contributed by atoms with Crippen LogP contribution < -0.4 is 10.6 Å². The van der Waals surface area contributed by atoms with Gasteiger partial charge >= 0.3 is 0 Å². The third-order valence-electron chi connectivity index (χ3n) is 6.48. The number of amides is 2. The molecule has 2 fully saturated rings. The molecule has 1 aliphatic carbocycles. The van der Waals surface area contributed by atoms with E-state index in [0.717, 1.165) is 47.3 Å². The highest BCUT2D eigenvalue weighted by atomic mass is 16.2. The molecule has 0 spiro atoms. The third kappa shape index (κ3) is 4.98. The van der Waals surface area contributed by atoms with E-state index in [1.165, 1.54) is 12.8 Å². The number of pyridine rings is 1. The average molecular weight is 409 g/mol. The molecule has 160 valence electrons. The van der Waals surface area contributed by atoms with Gasteiger partial charge in [0.15, 0.2) is 0 Å². The minimum absolute atomic E-state index is 0.0161. The predicted molar refractivity (Wildman–Crippen MR) is 118 cm³/mol. The number of benzene rings is 1. The fourth-order valence-corrected chi connectivity index (χ4v) is 4.62. The Bertz CT molecular complexity index is 925. The summed E-state index contributed by atoms with van der Waals surface area (Å²) in [5.74, 6) is 0.876. The van der Waals surface area contributed by atoms with Crippen molar-refractivity contribution in [2.24, 2.45) is 5.92 Å². The average Bonchev–Trinajstić information content (AvgIpc) is 3.48. The SMILES string of the molecule is CC(=O)NC[C@H]1CC[C@@H](CC(=O)NCc2ccc(C)c3ncccc23)N1CC1CC1. The van der Waals surface area contributed by atoms with E-state index in [0.29, 0.717) is 25.6 Å². The van der Waals surface area contributed by atoms with Crippen LogP contribution in [0.3, 0.4) is 0 Å². The van der Waals surface area contributed by atoms with Crippen LogP contribution in [-0.2, 0) is 16.1 Å². The molecule has 1 aromatic carbocycles. The second kappa shape index (κ2) is 9.13. The van der Waals surface area contributed by atoms with Crippen molar-refractivity contribution in [3.63, 3.8) is 0 Å². The van der Waals surface area contributed by atoms with E-state index in [-0.39, 0.29) is 17.9 Å². The summed E-state index contributed by atoms with van der Waals surface area (Å²) >= 11 is 0. The van der Waals surface area contributed by atoms with Crippen LogP contribution in [0.4, 0.5) is 0 Å². The highest BCUT2D eigenvalue weighted by Gasteiger charge is 2.37. The van der Waals surface area contributed by atoms with Gasteiger partial charge in [0.05, 0.1) is 5.52 Å². The number of aryl methyl sites for hydroxylation is 1. The topological polar surface area (TPSA) is 74.3 Å². The molecule has 6 nitrogen and oxygen atoms in total. The summed E-state index contributed by atoms with van der Waals surface area (Å²) in [5, 5.41) is 7.20. The highest BCUT2D eigenvalue weighted by Crippen LogP contribution is 2.35. The molecule has 1 saturated carbocycles. The lowest BCUT2D eigenvalue weighted by atomic mass is 10.0. The van der Waals surface area contributed by atoms with Crippen molar-refractivity contribution in [3.05, 3.63) is 41.6 Å². The van der Waals surface area contributed by atoms with E-state index >= 15 is 0 Å². The van der Waals surface area contributed by atoms with Crippen molar-refractivity contribution in [1.82, 2.24) is 20.5 Å². The predicted octanol–water partition coefficient (Wildman–Crippen LogP) is 2.93. The summed E-state index contributed by atoms with van der Waals surface area (Å²) in [6.45, 7) is 5.88. The van der Waals surface area contributed by atoms with Crippen LogP contribution in [0.1, 0.15) is 50.2 Å². The van der Waals surface area contributed by atoms with Crippen molar-refractivity contribution < 1.29 is 9.59 Å². The van der Waals surface area contributed by atoms with Crippen LogP contribution in [0.5, 0.6) is 0 Å².